The number of rotatable bonds is 5. The number of halogens is 2. The number of hydrogen-bond donors (Lipinski definition) is 1. The lowest BCUT2D eigenvalue weighted by Gasteiger charge is -2.10. The summed E-state index contributed by atoms with van der Waals surface area (Å²) in [4.78, 5) is 15.9. The van der Waals surface area contributed by atoms with Crippen molar-refractivity contribution in [2.75, 3.05) is 6.61 Å². The first-order valence-corrected chi connectivity index (χ1v) is 9.08. The molecule has 0 amide bonds. The summed E-state index contributed by atoms with van der Waals surface area (Å²) in [6.45, 7) is 2.33. The first-order chi connectivity index (χ1) is 10.7. The second-order valence-electron chi connectivity index (χ2n) is 4.62. The number of imidazole rings is 1. The van der Waals surface area contributed by atoms with Crippen LogP contribution in [0.4, 0.5) is 0 Å². The van der Waals surface area contributed by atoms with Gasteiger partial charge < -0.3 is 9.30 Å². The van der Waals surface area contributed by atoms with Crippen LogP contribution in [0.1, 0.15) is 16.2 Å². The zero-order valence-electron chi connectivity index (χ0n) is 12.0. The van der Waals surface area contributed by atoms with Crippen molar-refractivity contribution in [1.29, 1.82) is 0 Å². The van der Waals surface area contributed by atoms with Gasteiger partial charge in [0.2, 0.25) is 10.0 Å². The van der Waals surface area contributed by atoms with Gasteiger partial charge in [-0.1, -0.05) is 11.6 Å². The lowest BCUT2D eigenvalue weighted by molar-refractivity contribution is 0.0490. The van der Waals surface area contributed by atoms with Gasteiger partial charge in [-0.05, 0) is 35.0 Å². The molecule has 10 heteroatoms. The van der Waals surface area contributed by atoms with Crippen molar-refractivity contribution in [3.8, 4) is 0 Å². The Hall–Kier alpha value is -1.42. The maximum absolute atomic E-state index is 12.1. The molecule has 1 heterocycles. The molecular weight excluding hydrogens is 410 g/mol. The number of aromatic nitrogens is 2. The summed E-state index contributed by atoms with van der Waals surface area (Å²) in [6.07, 6.45) is 3.40. The van der Waals surface area contributed by atoms with Crippen LogP contribution in [-0.4, -0.2) is 30.5 Å². The molecule has 7 nitrogen and oxygen atoms in total. The lowest BCUT2D eigenvalue weighted by atomic mass is 10.2. The Balaban J connectivity index is 2.15. The molecule has 23 heavy (non-hydrogen) atoms. The number of primary sulfonamides is 1. The Morgan fingerprint density at radius 2 is 2.17 bits per heavy atom. The van der Waals surface area contributed by atoms with E-state index in [0.717, 1.165) is 11.9 Å². The molecular formula is C13H13BrClN3O4S. The molecule has 0 aliphatic rings. The third kappa shape index (κ3) is 4.31. The summed E-state index contributed by atoms with van der Waals surface area (Å²) >= 11 is 9.11. The highest BCUT2D eigenvalue weighted by molar-refractivity contribution is 9.10. The molecule has 0 bridgehead atoms. The van der Waals surface area contributed by atoms with E-state index in [9.17, 15) is 13.2 Å². The zero-order valence-corrected chi connectivity index (χ0v) is 15.2. The highest BCUT2D eigenvalue weighted by Crippen LogP contribution is 2.30. The molecule has 124 valence electrons. The largest absolute Gasteiger partial charge is 0.460 e. The van der Waals surface area contributed by atoms with Gasteiger partial charge in [0.1, 0.15) is 12.4 Å². The summed E-state index contributed by atoms with van der Waals surface area (Å²) in [5.74, 6) is 0.0528. The molecule has 1 aromatic carbocycles. The van der Waals surface area contributed by atoms with Gasteiger partial charge in [0, 0.05) is 16.9 Å². The maximum atomic E-state index is 12.1. The number of sulfonamides is 1. The second kappa shape index (κ2) is 7.00. The minimum Gasteiger partial charge on any atom is -0.460 e. The molecule has 0 atom stereocenters. The topological polar surface area (TPSA) is 104 Å². The first-order valence-electron chi connectivity index (χ1n) is 6.37. The smallest absolute Gasteiger partial charge is 0.339 e. The molecule has 0 fully saturated rings. The van der Waals surface area contributed by atoms with Gasteiger partial charge in [-0.2, -0.15) is 0 Å². The summed E-state index contributed by atoms with van der Waals surface area (Å²) in [7, 11) is -3.97. The number of aryl methyl sites for hydroxylation is 1. The van der Waals surface area contributed by atoms with E-state index in [1.165, 1.54) is 6.07 Å². The van der Waals surface area contributed by atoms with Crippen LogP contribution in [0, 0.1) is 6.92 Å². The third-order valence-corrected chi connectivity index (χ3v) is 5.19. The van der Waals surface area contributed by atoms with E-state index in [4.69, 9.17) is 21.5 Å². The van der Waals surface area contributed by atoms with E-state index >= 15 is 0 Å². The number of nitrogens with two attached hydrogens (primary N) is 1. The Labute approximate surface area is 146 Å². The van der Waals surface area contributed by atoms with Crippen molar-refractivity contribution in [3.63, 3.8) is 0 Å². The van der Waals surface area contributed by atoms with Gasteiger partial charge in [0.25, 0.3) is 0 Å². The zero-order chi connectivity index (χ0) is 17.2. The number of carbonyl (C=O) groups is 1. The molecule has 0 aliphatic carbocycles. The van der Waals surface area contributed by atoms with Crippen LogP contribution in [0.2, 0.25) is 5.02 Å². The second-order valence-corrected chi connectivity index (χ2v) is 7.41. The van der Waals surface area contributed by atoms with E-state index < -0.39 is 16.0 Å². The highest BCUT2D eigenvalue weighted by Gasteiger charge is 2.20. The van der Waals surface area contributed by atoms with Gasteiger partial charge >= 0.3 is 5.97 Å². The van der Waals surface area contributed by atoms with E-state index in [1.807, 2.05) is 11.5 Å². The molecule has 1 aromatic heterocycles. The standard InChI is InChI=1S/C13H13BrClN3O4S/c1-8-17-2-3-18(8)4-5-22-13(19)10-6-9(23(16,20)21)7-11(14)12(10)15/h2-3,6-7H,4-5H2,1H3,(H2,16,20,21). The Bertz CT molecular complexity index is 851. The van der Waals surface area contributed by atoms with Crippen molar-refractivity contribution in [2.24, 2.45) is 5.14 Å². The molecule has 2 N–H and O–H groups in total. The van der Waals surface area contributed by atoms with Crippen molar-refractivity contribution in [3.05, 3.63) is 45.4 Å². The van der Waals surface area contributed by atoms with Crippen LogP contribution in [0.25, 0.3) is 0 Å². The molecule has 2 aromatic rings. The van der Waals surface area contributed by atoms with Gasteiger partial charge in [-0.15, -0.1) is 0 Å². The molecule has 0 unspecified atom stereocenters. The van der Waals surface area contributed by atoms with Crippen LogP contribution < -0.4 is 5.14 Å². The van der Waals surface area contributed by atoms with Crippen LogP contribution in [-0.2, 0) is 21.3 Å². The predicted octanol–water partition coefficient (Wildman–Crippen LogP) is 2.11. The Kier molecular flexibility index (Phi) is 5.45. The fraction of sp³-hybridized carbons (Fsp3) is 0.231. The molecule has 2 rings (SSSR count). The fourth-order valence-electron chi connectivity index (χ4n) is 1.83. The van der Waals surface area contributed by atoms with Crippen LogP contribution in [0.5, 0.6) is 0 Å². The maximum Gasteiger partial charge on any atom is 0.339 e. The van der Waals surface area contributed by atoms with Crippen LogP contribution >= 0.6 is 27.5 Å². The highest BCUT2D eigenvalue weighted by atomic mass is 79.9. The SMILES string of the molecule is Cc1nccn1CCOC(=O)c1cc(S(N)(=O)=O)cc(Br)c1Cl. The number of benzene rings is 1. The van der Waals surface area contributed by atoms with Gasteiger partial charge in [-0.25, -0.2) is 23.3 Å². The molecule has 0 spiro atoms. The number of carbonyl (C=O) groups excluding carboxylic acids is 1. The van der Waals surface area contributed by atoms with Gasteiger partial charge in [-0.3, -0.25) is 0 Å². The number of hydrogen-bond acceptors (Lipinski definition) is 5. The van der Waals surface area contributed by atoms with Crippen molar-refractivity contribution >= 4 is 43.5 Å². The van der Waals surface area contributed by atoms with Gasteiger partial charge in [0.15, 0.2) is 0 Å². The third-order valence-electron chi connectivity index (χ3n) is 3.04. The Morgan fingerprint density at radius 3 is 2.74 bits per heavy atom. The van der Waals surface area contributed by atoms with E-state index in [2.05, 4.69) is 20.9 Å². The normalized spacial score (nSPS) is 11.5. The van der Waals surface area contributed by atoms with Crippen molar-refractivity contribution in [1.82, 2.24) is 9.55 Å². The molecule has 0 aliphatic heterocycles. The van der Waals surface area contributed by atoms with E-state index in [-0.39, 0.29) is 26.6 Å². The number of nitrogens with zero attached hydrogens (tertiary/aromatic N) is 2. The summed E-state index contributed by atoms with van der Waals surface area (Å²) < 4.78 is 30.0. The van der Waals surface area contributed by atoms with Crippen molar-refractivity contribution in [2.45, 2.75) is 18.4 Å². The van der Waals surface area contributed by atoms with E-state index in [1.54, 1.807) is 12.4 Å². The summed E-state index contributed by atoms with van der Waals surface area (Å²) in [6, 6.07) is 2.32. The fourth-order valence-corrected chi connectivity index (χ4v) is 3.19. The van der Waals surface area contributed by atoms with Crippen LogP contribution in [0.15, 0.2) is 33.9 Å². The number of ether oxygens (including phenoxy) is 1. The average Bonchev–Trinajstić information content (AvgIpc) is 2.86. The van der Waals surface area contributed by atoms with Crippen LogP contribution in [0.3, 0.4) is 0 Å². The molecule has 0 saturated carbocycles. The first kappa shape index (κ1) is 17.9. The number of esters is 1. The minimum atomic E-state index is -3.97. The summed E-state index contributed by atoms with van der Waals surface area (Å²) in [5.41, 5.74) is -0.0765. The monoisotopic (exact) mass is 421 g/mol. The predicted molar refractivity (Wildman–Crippen MR) is 87.8 cm³/mol. The van der Waals surface area contributed by atoms with Crippen molar-refractivity contribution < 1.29 is 17.9 Å². The van der Waals surface area contributed by atoms with E-state index in [0.29, 0.717) is 6.54 Å². The Morgan fingerprint density at radius 1 is 1.48 bits per heavy atom. The molecule has 0 saturated heterocycles. The quantitative estimate of drug-likeness (QED) is 0.743. The minimum absolute atomic E-state index is 0.0567. The summed E-state index contributed by atoms with van der Waals surface area (Å²) in [5, 5.41) is 5.13. The molecule has 0 radical (unpaired) electrons. The average molecular weight is 423 g/mol. The lowest BCUT2D eigenvalue weighted by Crippen LogP contribution is -2.15. The van der Waals surface area contributed by atoms with Gasteiger partial charge in [0.05, 0.1) is 22.0 Å².